The molecule has 1 aliphatic rings. The van der Waals surface area contributed by atoms with Crippen LogP contribution in [0.1, 0.15) is 18.2 Å². The van der Waals surface area contributed by atoms with Gasteiger partial charge >= 0.3 is 0 Å². The summed E-state index contributed by atoms with van der Waals surface area (Å²) in [6.07, 6.45) is 3.84. The van der Waals surface area contributed by atoms with Crippen molar-refractivity contribution in [2.45, 2.75) is 19.9 Å². The molecule has 0 saturated carbocycles. The first-order chi connectivity index (χ1) is 15.6. The number of halogens is 1. The van der Waals surface area contributed by atoms with Gasteiger partial charge in [-0.1, -0.05) is 6.92 Å². The van der Waals surface area contributed by atoms with E-state index in [1.807, 2.05) is 19.1 Å². The van der Waals surface area contributed by atoms with Gasteiger partial charge in [0.1, 0.15) is 23.3 Å². The van der Waals surface area contributed by atoms with Gasteiger partial charge in [-0.15, -0.1) is 0 Å². The zero-order valence-corrected chi connectivity index (χ0v) is 18.1. The SMILES string of the molecule is CCc1cn2nc(CN3CCN(c4ccc5c(NC)ncnc5c4F)CC3)cc2[nH]c1=O. The third kappa shape index (κ3) is 3.56. The van der Waals surface area contributed by atoms with Crippen LogP contribution in [0, 0.1) is 5.82 Å². The Morgan fingerprint density at radius 2 is 2.00 bits per heavy atom. The van der Waals surface area contributed by atoms with Crippen molar-refractivity contribution in [1.82, 2.24) is 29.5 Å². The predicted molar refractivity (Wildman–Crippen MR) is 122 cm³/mol. The number of piperazine rings is 1. The molecule has 10 heteroatoms. The molecule has 4 aromatic rings. The highest BCUT2D eigenvalue weighted by molar-refractivity contribution is 5.91. The number of nitrogens with one attached hydrogen (secondary N) is 2. The van der Waals surface area contributed by atoms with E-state index in [1.165, 1.54) is 6.33 Å². The standard InChI is InChI=1S/C22H25FN8O/c1-3-14-11-31-18(27-22(14)32)10-15(28-31)12-29-6-8-30(9-7-29)17-5-4-16-20(19(17)23)25-13-26-21(16)24-2/h4-5,10-11,13H,3,6-9,12H2,1-2H3,(H,27,32)(H,24,25,26). The first-order valence-corrected chi connectivity index (χ1v) is 10.8. The van der Waals surface area contributed by atoms with Gasteiger partial charge < -0.3 is 15.2 Å². The average Bonchev–Trinajstić information content (AvgIpc) is 3.20. The second kappa shape index (κ2) is 8.19. The van der Waals surface area contributed by atoms with Gasteiger partial charge in [0.15, 0.2) is 5.82 Å². The van der Waals surface area contributed by atoms with Crippen LogP contribution in [0.25, 0.3) is 16.6 Å². The molecule has 1 saturated heterocycles. The lowest BCUT2D eigenvalue weighted by Crippen LogP contribution is -2.46. The fourth-order valence-corrected chi connectivity index (χ4v) is 4.27. The molecule has 0 bridgehead atoms. The molecule has 0 unspecified atom stereocenters. The van der Waals surface area contributed by atoms with Gasteiger partial charge in [0.2, 0.25) is 0 Å². The Balaban J connectivity index is 1.30. The van der Waals surface area contributed by atoms with Crippen molar-refractivity contribution in [3.05, 3.63) is 58.2 Å². The van der Waals surface area contributed by atoms with Crippen LogP contribution in [0.3, 0.4) is 0 Å². The Morgan fingerprint density at radius 1 is 1.19 bits per heavy atom. The molecule has 2 N–H and O–H groups in total. The number of aryl methyl sites for hydroxylation is 1. The van der Waals surface area contributed by atoms with Crippen molar-refractivity contribution >= 4 is 28.1 Å². The van der Waals surface area contributed by atoms with E-state index in [-0.39, 0.29) is 11.4 Å². The number of fused-ring (bicyclic) bond motifs is 2. The largest absolute Gasteiger partial charge is 0.373 e. The zero-order chi connectivity index (χ0) is 22.2. The van der Waals surface area contributed by atoms with Crippen LogP contribution in [0.4, 0.5) is 15.9 Å². The van der Waals surface area contributed by atoms with Gasteiger partial charge in [0.25, 0.3) is 5.56 Å². The van der Waals surface area contributed by atoms with E-state index in [9.17, 15) is 4.79 Å². The minimum Gasteiger partial charge on any atom is -0.373 e. The lowest BCUT2D eigenvalue weighted by molar-refractivity contribution is 0.246. The Kier molecular flexibility index (Phi) is 5.22. The highest BCUT2D eigenvalue weighted by Gasteiger charge is 2.22. The summed E-state index contributed by atoms with van der Waals surface area (Å²) in [5.74, 6) is 0.302. The first kappa shape index (κ1) is 20.4. The molecule has 3 aromatic heterocycles. The van der Waals surface area contributed by atoms with Crippen LogP contribution in [0.5, 0.6) is 0 Å². The van der Waals surface area contributed by atoms with Crippen LogP contribution >= 0.6 is 0 Å². The van der Waals surface area contributed by atoms with Gasteiger partial charge in [0.05, 0.1) is 11.4 Å². The number of benzene rings is 1. The highest BCUT2D eigenvalue weighted by atomic mass is 19.1. The second-order valence-electron chi connectivity index (χ2n) is 7.96. The molecule has 1 aliphatic heterocycles. The van der Waals surface area contributed by atoms with Crippen LogP contribution in [-0.4, -0.2) is 62.7 Å². The molecule has 0 amide bonds. The van der Waals surface area contributed by atoms with Gasteiger partial charge in [-0.25, -0.2) is 18.9 Å². The number of aromatic nitrogens is 5. The average molecular weight is 436 g/mol. The quantitative estimate of drug-likeness (QED) is 0.494. The van der Waals surface area contributed by atoms with Crippen molar-refractivity contribution in [2.24, 2.45) is 0 Å². The molecular formula is C22H25FN8O. The number of H-pyrrole nitrogens is 1. The third-order valence-electron chi connectivity index (χ3n) is 6.04. The Morgan fingerprint density at radius 3 is 2.75 bits per heavy atom. The molecule has 0 radical (unpaired) electrons. The minimum atomic E-state index is -0.314. The summed E-state index contributed by atoms with van der Waals surface area (Å²) >= 11 is 0. The Bertz CT molecular complexity index is 1340. The normalized spacial score (nSPS) is 15.0. The van der Waals surface area contributed by atoms with Crippen molar-refractivity contribution in [1.29, 1.82) is 0 Å². The lowest BCUT2D eigenvalue weighted by Gasteiger charge is -2.36. The number of nitrogens with zero attached hydrogens (tertiary/aromatic N) is 6. The van der Waals surface area contributed by atoms with Crippen molar-refractivity contribution in [3.8, 4) is 0 Å². The Hall–Kier alpha value is -3.53. The summed E-state index contributed by atoms with van der Waals surface area (Å²) in [6.45, 7) is 5.61. The summed E-state index contributed by atoms with van der Waals surface area (Å²) < 4.78 is 16.9. The maximum Gasteiger partial charge on any atom is 0.254 e. The van der Waals surface area contributed by atoms with E-state index in [4.69, 9.17) is 0 Å². The molecule has 0 aliphatic carbocycles. The highest BCUT2D eigenvalue weighted by Crippen LogP contribution is 2.29. The number of hydrogen-bond acceptors (Lipinski definition) is 7. The third-order valence-corrected chi connectivity index (χ3v) is 6.04. The number of anilines is 2. The molecule has 32 heavy (non-hydrogen) atoms. The van der Waals surface area contributed by atoms with E-state index >= 15 is 4.39 Å². The van der Waals surface area contributed by atoms with E-state index in [0.29, 0.717) is 59.7 Å². The number of aromatic amines is 1. The van der Waals surface area contributed by atoms with Crippen LogP contribution < -0.4 is 15.8 Å². The summed E-state index contributed by atoms with van der Waals surface area (Å²) in [7, 11) is 1.76. The summed E-state index contributed by atoms with van der Waals surface area (Å²) in [6, 6.07) is 5.59. The summed E-state index contributed by atoms with van der Waals surface area (Å²) in [4.78, 5) is 27.6. The van der Waals surface area contributed by atoms with E-state index in [2.05, 4.69) is 35.2 Å². The van der Waals surface area contributed by atoms with Gasteiger partial charge in [-0.3, -0.25) is 9.69 Å². The van der Waals surface area contributed by atoms with Gasteiger partial charge in [-0.05, 0) is 18.6 Å². The summed E-state index contributed by atoms with van der Waals surface area (Å²) in [5, 5.41) is 8.26. The molecule has 9 nitrogen and oxygen atoms in total. The second-order valence-corrected chi connectivity index (χ2v) is 7.96. The van der Waals surface area contributed by atoms with Crippen LogP contribution in [0.15, 0.2) is 35.5 Å². The van der Waals surface area contributed by atoms with Crippen molar-refractivity contribution in [3.63, 3.8) is 0 Å². The fraction of sp³-hybridized carbons (Fsp3) is 0.364. The van der Waals surface area contributed by atoms with Crippen molar-refractivity contribution in [2.75, 3.05) is 43.4 Å². The molecule has 0 spiro atoms. The van der Waals surface area contributed by atoms with E-state index in [0.717, 1.165) is 18.8 Å². The topological polar surface area (TPSA) is 94.4 Å². The van der Waals surface area contributed by atoms with E-state index < -0.39 is 0 Å². The smallest absolute Gasteiger partial charge is 0.254 e. The maximum absolute atomic E-state index is 15.2. The number of hydrogen-bond donors (Lipinski definition) is 2. The molecule has 1 aromatic carbocycles. The molecule has 0 atom stereocenters. The minimum absolute atomic E-state index is 0.0652. The van der Waals surface area contributed by atoms with Gasteiger partial charge in [-0.2, -0.15) is 5.10 Å². The lowest BCUT2D eigenvalue weighted by atomic mass is 10.1. The Labute approximate surface area is 183 Å². The molecule has 5 rings (SSSR count). The molecule has 4 heterocycles. The summed E-state index contributed by atoms with van der Waals surface area (Å²) in [5.41, 5.74) is 3.14. The fourth-order valence-electron chi connectivity index (χ4n) is 4.27. The van der Waals surface area contributed by atoms with Crippen LogP contribution in [-0.2, 0) is 13.0 Å². The molecular weight excluding hydrogens is 411 g/mol. The van der Waals surface area contributed by atoms with Gasteiger partial charge in [0, 0.05) is 63.0 Å². The van der Waals surface area contributed by atoms with E-state index in [1.54, 1.807) is 23.8 Å². The maximum atomic E-state index is 15.2. The molecule has 1 fully saturated rings. The van der Waals surface area contributed by atoms with Crippen molar-refractivity contribution < 1.29 is 4.39 Å². The monoisotopic (exact) mass is 436 g/mol. The molecule has 166 valence electrons. The first-order valence-electron chi connectivity index (χ1n) is 10.8. The zero-order valence-electron chi connectivity index (χ0n) is 18.1. The number of rotatable bonds is 5. The van der Waals surface area contributed by atoms with Crippen LogP contribution in [0.2, 0.25) is 0 Å². The predicted octanol–water partition coefficient (Wildman–Crippen LogP) is 2.03.